The maximum atomic E-state index is 2.48. The molecule has 0 radical (unpaired) electrons. The molecule has 0 fully saturated rings. The number of thiophene rings is 1. The normalized spacial score (nSPS) is 11.4. The maximum Gasteiger partial charge on any atom is 0.0575 e. The van der Waals surface area contributed by atoms with E-state index in [9.17, 15) is 0 Å². The van der Waals surface area contributed by atoms with Crippen LogP contribution in [0.4, 0.5) is 34.1 Å². The summed E-state index contributed by atoms with van der Waals surface area (Å²) in [6, 6.07) is 74.7. The van der Waals surface area contributed by atoms with Gasteiger partial charge in [0, 0.05) is 48.5 Å². The Labute approximate surface area is 313 Å². The highest BCUT2D eigenvalue weighted by atomic mass is 32.1. The van der Waals surface area contributed by atoms with Gasteiger partial charge in [0.05, 0.1) is 11.4 Å². The van der Waals surface area contributed by atoms with E-state index in [1.54, 1.807) is 0 Å². The van der Waals surface area contributed by atoms with Crippen LogP contribution >= 0.6 is 11.3 Å². The molecule has 0 atom stereocenters. The average Bonchev–Trinajstić information content (AvgIpc) is 3.62. The molecular weight excluding hydrogens is 661 g/mol. The predicted molar refractivity (Wildman–Crippen MR) is 229 cm³/mol. The average molecular weight is 695 g/mol. The van der Waals surface area contributed by atoms with E-state index in [1.165, 1.54) is 52.8 Å². The van der Waals surface area contributed by atoms with Gasteiger partial charge in [-0.1, -0.05) is 146 Å². The van der Waals surface area contributed by atoms with E-state index in [1.807, 2.05) is 11.3 Å². The van der Waals surface area contributed by atoms with Gasteiger partial charge in [-0.15, -0.1) is 11.3 Å². The van der Waals surface area contributed by atoms with Crippen LogP contribution < -0.4 is 9.80 Å². The van der Waals surface area contributed by atoms with Gasteiger partial charge in [0.2, 0.25) is 0 Å². The van der Waals surface area contributed by atoms with Crippen LogP contribution in [0.2, 0.25) is 0 Å². The summed E-state index contributed by atoms with van der Waals surface area (Å²) in [5.74, 6) is 0. The molecule has 0 amide bonds. The van der Waals surface area contributed by atoms with E-state index in [2.05, 4.69) is 216 Å². The van der Waals surface area contributed by atoms with Gasteiger partial charge in [-0.2, -0.15) is 0 Å². The fraction of sp³-hybridized carbons (Fsp3) is 0. The summed E-state index contributed by atoms with van der Waals surface area (Å²) in [6.45, 7) is 0. The Hall–Kier alpha value is -6.68. The Kier molecular flexibility index (Phi) is 7.71. The quantitative estimate of drug-likeness (QED) is 0.164. The van der Waals surface area contributed by atoms with Crippen molar-refractivity contribution in [3.63, 3.8) is 0 Å². The Morgan fingerprint density at radius 3 is 1.62 bits per heavy atom. The Bertz CT molecular complexity index is 2860. The van der Waals surface area contributed by atoms with Gasteiger partial charge in [-0.05, 0) is 87.8 Å². The van der Waals surface area contributed by atoms with Gasteiger partial charge >= 0.3 is 0 Å². The molecule has 0 saturated carbocycles. The second-order valence-corrected chi connectivity index (χ2v) is 14.4. The van der Waals surface area contributed by atoms with E-state index in [0.29, 0.717) is 0 Å². The zero-order valence-electron chi connectivity index (χ0n) is 28.9. The van der Waals surface area contributed by atoms with Crippen molar-refractivity contribution in [1.29, 1.82) is 0 Å². The molecule has 0 saturated heterocycles. The number of nitrogens with zero attached hydrogens (tertiary/aromatic N) is 2. The van der Waals surface area contributed by atoms with E-state index in [0.717, 1.165) is 34.1 Å². The summed E-state index contributed by atoms with van der Waals surface area (Å²) < 4.78 is 2.54. The largest absolute Gasteiger partial charge is 0.310 e. The Morgan fingerprint density at radius 1 is 0.340 bits per heavy atom. The number of hydrogen-bond acceptors (Lipinski definition) is 3. The zero-order chi connectivity index (χ0) is 35.1. The SMILES string of the molecule is c1ccc(N(c2ccccc2)c2cc(N(c3ccccc3)c3ccccc3-c3ccc4ccccc4c3)c3c(c2)sc2c4ccccc4ccc23)cc1. The van der Waals surface area contributed by atoms with E-state index < -0.39 is 0 Å². The fourth-order valence-corrected chi connectivity index (χ4v) is 9.05. The Morgan fingerprint density at radius 2 is 0.906 bits per heavy atom. The number of para-hydroxylation sites is 4. The summed E-state index contributed by atoms with van der Waals surface area (Å²) in [7, 11) is 0. The summed E-state index contributed by atoms with van der Waals surface area (Å²) >= 11 is 1.88. The molecule has 0 aliphatic heterocycles. The molecule has 9 aromatic carbocycles. The first-order chi connectivity index (χ1) is 26.3. The number of benzene rings is 9. The number of fused-ring (bicyclic) bond motifs is 6. The van der Waals surface area contributed by atoms with Crippen molar-refractivity contribution < 1.29 is 0 Å². The van der Waals surface area contributed by atoms with Crippen LogP contribution in [0.3, 0.4) is 0 Å². The van der Waals surface area contributed by atoms with Crippen LogP contribution in [-0.2, 0) is 0 Å². The minimum Gasteiger partial charge on any atom is -0.310 e. The Balaban J connectivity index is 1.31. The molecule has 2 nitrogen and oxygen atoms in total. The van der Waals surface area contributed by atoms with Crippen LogP contribution in [0.1, 0.15) is 0 Å². The summed E-state index contributed by atoms with van der Waals surface area (Å²) in [4.78, 5) is 4.86. The molecule has 250 valence electrons. The number of hydrogen-bond donors (Lipinski definition) is 0. The molecule has 53 heavy (non-hydrogen) atoms. The van der Waals surface area contributed by atoms with Gasteiger partial charge < -0.3 is 9.80 Å². The van der Waals surface area contributed by atoms with E-state index >= 15 is 0 Å². The van der Waals surface area contributed by atoms with Gasteiger partial charge in [-0.25, -0.2) is 0 Å². The van der Waals surface area contributed by atoms with Crippen LogP contribution in [-0.4, -0.2) is 0 Å². The predicted octanol–water partition coefficient (Wildman–Crippen LogP) is 15.0. The minimum atomic E-state index is 1.10. The van der Waals surface area contributed by atoms with Crippen LogP contribution in [0.25, 0.3) is 52.8 Å². The summed E-state index contributed by atoms with van der Waals surface area (Å²) in [6.07, 6.45) is 0. The minimum absolute atomic E-state index is 1.10. The van der Waals surface area contributed by atoms with Crippen LogP contribution in [0.15, 0.2) is 206 Å². The molecule has 0 N–H and O–H groups in total. The first-order valence-corrected chi connectivity index (χ1v) is 18.8. The smallest absolute Gasteiger partial charge is 0.0575 e. The van der Waals surface area contributed by atoms with Crippen molar-refractivity contribution in [1.82, 2.24) is 0 Å². The maximum absolute atomic E-state index is 2.48. The molecule has 0 aliphatic carbocycles. The topological polar surface area (TPSA) is 6.48 Å². The van der Waals surface area contributed by atoms with Gasteiger partial charge in [0.25, 0.3) is 0 Å². The second kappa shape index (κ2) is 13.1. The fourth-order valence-electron chi connectivity index (χ4n) is 7.76. The number of rotatable bonds is 7. The van der Waals surface area contributed by atoms with Gasteiger partial charge in [-0.3, -0.25) is 0 Å². The van der Waals surface area contributed by atoms with Crippen molar-refractivity contribution in [2.45, 2.75) is 0 Å². The third kappa shape index (κ3) is 5.50. The van der Waals surface area contributed by atoms with Gasteiger partial charge in [0.1, 0.15) is 0 Å². The third-order valence-electron chi connectivity index (χ3n) is 10.2. The van der Waals surface area contributed by atoms with Crippen molar-refractivity contribution in [3.8, 4) is 11.1 Å². The lowest BCUT2D eigenvalue weighted by molar-refractivity contribution is 1.26. The van der Waals surface area contributed by atoms with E-state index in [4.69, 9.17) is 0 Å². The van der Waals surface area contributed by atoms with Crippen molar-refractivity contribution in [2.24, 2.45) is 0 Å². The summed E-state index contributed by atoms with van der Waals surface area (Å²) in [5, 5.41) is 7.52. The van der Waals surface area contributed by atoms with E-state index in [-0.39, 0.29) is 0 Å². The molecule has 3 heteroatoms. The molecular formula is C50H34N2S. The third-order valence-corrected chi connectivity index (χ3v) is 11.4. The molecule has 10 aromatic rings. The van der Waals surface area contributed by atoms with Crippen molar-refractivity contribution in [2.75, 3.05) is 9.80 Å². The molecule has 10 rings (SSSR count). The zero-order valence-corrected chi connectivity index (χ0v) is 29.7. The highest BCUT2D eigenvalue weighted by molar-refractivity contribution is 7.26. The highest BCUT2D eigenvalue weighted by Crippen LogP contribution is 2.51. The molecule has 0 spiro atoms. The molecule has 0 aliphatic rings. The van der Waals surface area contributed by atoms with Crippen molar-refractivity contribution in [3.05, 3.63) is 206 Å². The van der Waals surface area contributed by atoms with Crippen LogP contribution in [0, 0.1) is 0 Å². The second-order valence-electron chi connectivity index (χ2n) is 13.4. The number of anilines is 6. The molecule has 0 bridgehead atoms. The van der Waals surface area contributed by atoms with Gasteiger partial charge in [0.15, 0.2) is 0 Å². The lowest BCUT2D eigenvalue weighted by atomic mass is 9.98. The molecule has 1 aromatic heterocycles. The lowest BCUT2D eigenvalue weighted by Crippen LogP contribution is -2.14. The highest BCUT2D eigenvalue weighted by Gasteiger charge is 2.25. The standard InChI is InChI=1S/C50H34N2S/c1-4-19-39(20-5-1)51(40-21-6-2-7-22-40)42-33-47(49-45-31-30-36-17-12-13-26-44(36)50(45)53-48(49)34-42)52(41-23-8-3-9-24-41)46-27-15-14-25-43(46)38-29-28-35-16-10-11-18-37(35)32-38/h1-34H. The van der Waals surface area contributed by atoms with Crippen molar-refractivity contribution >= 4 is 87.2 Å². The molecule has 0 unspecified atom stereocenters. The summed E-state index contributed by atoms with van der Waals surface area (Å²) in [5.41, 5.74) is 9.04. The molecule has 1 heterocycles. The lowest BCUT2D eigenvalue weighted by Gasteiger charge is -2.31. The van der Waals surface area contributed by atoms with Crippen LogP contribution in [0.5, 0.6) is 0 Å². The monoisotopic (exact) mass is 694 g/mol. The first kappa shape index (κ1) is 31.1. The first-order valence-electron chi connectivity index (χ1n) is 18.0.